The Hall–Kier alpha value is -3.42. The summed E-state index contributed by atoms with van der Waals surface area (Å²) >= 11 is 0. The summed E-state index contributed by atoms with van der Waals surface area (Å²) < 4.78 is 9.79. The number of nitrogens with zero attached hydrogens (tertiary/aromatic N) is 2. The van der Waals surface area contributed by atoms with E-state index in [1.165, 1.54) is 25.6 Å². The lowest BCUT2D eigenvalue weighted by Crippen LogP contribution is -2.27. The predicted octanol–water partition coefficient (Wildman–Crippen LogP) is 1.84. The van der Waals surface area contributed by atoms with Gasteiger partial charge in [-0.15, -0.1) is 0 Å². The van der Waals surface area contributed by atoms with Crippen molar-refractivity contribution >= 4 is 18.1 Å². The largest absolute Gasteiger partial charge is 0.477 e. The number of aromatic nitrogens is 2. The number of benzene rings is 1. The number of aliphatic carboxylic acids is 1. The summed E-state index contributed by atoms with van der Waals surface area (Å²) in [5.74, 6) is -1.32. The molecule has 1 amide bonds. The summed E-state index contributed by atoms with van der Waals surface area (Å²) in [6, 6.07) is 9.18. The maximum Gasteiger partial charge on any atom is 0.412 e. The van der Waals surface area contributed by atoms with Gasteiger partial charge in [-0.1, -0.05) is 30.3 Å². The third-order valence-corrected chi connectivity index (χ3v) is 2.82. The van der Waals surface area contributed by atoms with Crippen LogP contribution >= 0.6 is 0 Å². The molecule has 0 spiro atoms. The van der Waals surface area contributed by atoms with Crippen LogP contribution < -0.4 is 10.1 Å². The summed E-state index contributed by atoms with van der Waals surface area (Å²) in [6.45, 7) is 0.0330. The second-order valence-corrected chi connectivity index (χ2v) is 4.55. The van der Waals surface area contributed by atoms with Gasteiger partial charge in [-0.2, -0.15) is 0 Å². The first kappa shape index (κ1) is 16.9. The first-order valence-corrected chi connectivity index (χ1v) is 6.87. The highest BCUT2D eigenvalue weighted by Crippen LogP contribution is 2.07. The number of methoxy groups -OCH3 is 1. The van der Waals surface area contributed by atoms with Gasteiger partial charge in [-0.25, -0.2) is 19.6 Å². The monoisotopic (exact) mass is 329 g/mol. The average Bonchev–Trinajstić information content (AvgIpc) is 2.61. The number of amides is 1. The number of nitrogens with one attached hydrogen (secondary N) is 1. The fourth-order valence-corrected chi connectivity index (χ4v) is 1.69. The zero-order valence-corrected chi connectivity index (χ0v) is 12.8. The highest BCUT2D eigenvalue weighted by Gasteiger charge is 2.13. The van der Waals surface area contributed by atoms with Crippen molar-refractivity contribution < 1.29 is 24.2 Å². The molecule has 2 aromatic rings. The molecule has 1 aromatic carbocycles. The molecule has 1 heterocycles. The number of carbonyl (C=O) groups excluding carboxylic acids is 1. The number of rotatable bonds is 6. The third-order valence-electron chi connectivity index (χ3n) is 2.82. The Labute approximate surface area is 137 Å². The molecular formula is C16H15N3O5. The van der Waals surface area contributed by atoms with Gasteiger partial charge in [0.25, 0.3) is 0 Å². The summed E-state index contributed by atoms with van der Waals surface area (Å²) in [4.78, 5) is 30.7. The van der Waals surface area contributed by atoms with Crippen LogP contribution in [0.15, 0.2) is 48.4 Å². The van der Waals surface area contributed by atoms with Gasteiger partial charge < -0.3 is 14.6 Å². The van der Waals surface area contributed by atoms with Crippen molar-refractivity contribution in [2.75, 3.05) is 7.11 Å². The summed E-state index contributed by atoms with van der Waals surface area (Å²) in [6.07, 6.45) is 3.07. The third kappa shape index (κ3) is 5.09. The molecule has 8 heteroatoms. The van der Waals surface area contributed by atoms with E-state index in [1.807, 2.05) is 18.2 Å². The maximum absolute atomic E-state index is 11.7. The molecule has 0 unspecified atom stereocenters. The van der Waals surface area contributed by atoms with Crippen molar-refractivity contribution in [3.63, 3.8) is 0 Å². The minimum absolute atomic E-state index is 0.0330. The Kier molecular flexibility index (Phi) is 5.84. The van der Waals surface area contributed by atoms with Gasteiger partial charge in [-0.05, 0) is 11.6 Å². The number of alkyl carbamates (subject to hydrolysis) is 1. The van der Waals surface area contributed by atoms with Crippen LogP contribution in [0.1, 0.15) is 11.1 Å². The van der Waals surface area contributed by atoms with Gasteiger partial charge in [-0.3, -0.25) is 5.32 Å². The molecule has 0 aliphatic carbocycles. The molecular weight excluding hydrogens is 314 g/mol. The van der Waals surface area contributed by atoms with E-state index in [4.69, 9.17) is 14.6 Å². The molecule has 2 rings (SSSR count). The number of hydrogen-bond acceptors (Lipinski definition) is 6. The Balaban J connectivity index is 2.00. The van der Waals surface area contributed by atoms with Gasteiger partial charge >= 0.3 is 18.1 Å². The van der Waals surface area contributed by atoms with E-state index in [0.29, 0.717) is 5.56 Å². The van der Waals surface area contributed by atoms with Crippen molar-refractivity contribution in [3.05, 3.63) is 59.5 Å². The second kappa shape index (κ2) is 8.28. The van der Waals surface area contributed by atoms with Crippen molar-refractivity contribution in [2.24, 2.45) is 0 Å². The van der Waals surface area contributed by atoms with E-state index in [0.717, 1.165) is 5.56 Å². The summed E-state index contributed by atoms with van der Waals surface area (Å²) in [5, 5.41) is 11.3. The van der Waals surface area contributed by atoms with Gasteiger partial charge in [0.05, 0.1) is 7.11 Å². The smallest absolute Gasteiger partial charge is 0.412 e. The summed E-state index contributed by atoms with van der Waals surface area (Å²) in [5.41, 5.74) is 0.815. The highest BCUT2D eigenvalue weighted by molar-refractivity contribution is 5.95. The Bertz CT molecular complexity index is 729. The normalized spacial score (nSPS) is 10.8. The fourth-order valence-electron chi connectivity index (χ4n) is 1.69. The van der Waals surface area contributed by atoms with E-state index < -0.39 is 12.1 Å². The maximum atomic E-state index is 11.7. The van der Waals surface area contributed by atoms with Crippen LogP contribution in [0.2, 0.25) is 0 Å². The zero-order chi connectivity index (χ0) is 17.4. The molecule has 0 aliphatic heterocycles. The number of carbonyl (C=O) groups is 2. The van der Waals surface area contributed by atoms with E-state index >= 15 is 0 Å². The van der Waals surface area contributed by atoms with Crippen LogP contribution in [0.5, 0.6) is 6.01 Å². The molecule has 0 atom stereocenters. The van der Waals surface area contributed by atoms with Gasteiger partial charge in [0.15, 0.2) is 0 Å². The number of hydrogen-bond donors (Lipinski definition) is 2. The lowest BCUT2D eigenvalue weighted by atomic mass is 10.2. The van der Waals surface area contributed by atoms with E-state index in [-0.39, 0.29) is 18.3 Å². The van der Waals surface area contributed by atoms with Crippen LogP contribution in [0, 0.1) is 0 Å². The molecule has 0 saturated heterocycles. The zero-order valence-electron chi connectivity index (χ0n) is 12.8. The SMILES string of the molecule is COc1ncc(C=C(NC(=O)OCc2ccccc2)C(=O)O)cn1. The topological polar surface area (TPSA) is 111 Å². The molecule has 0 saturated carbocycles. The van der Waals surface area contributed by atoms with Crippen LogP contribution in [0.25, 0.3) is 6.08 Å². The van der Waals surface area contributed by atoms with E-state index in [1.54, 1.807) is 12.1 Å². The Morgan fingerprint density at radius 3 is 2.46 bits per heavy atom. The lowest BCUT2D eigenvalue weighted by Gasteiger charge is -2.07. The van der Waals surface area contributed by atoms with Crippen molar-refractivity contribution in [1.82, 2.24) is 15.3 Å². The summed E-state index contributed by atoms with van der Waals surface area (Å²) in [7, 11) is 1.41. The molecule has 8 nitrogen and oxygen atoms in total. The molecule has 24 heavy (non-hydrogen) atoms. The molecule has 0 fully saturated rings. The van der Waals surface area contributed by atoms with Crippen molar-refractivity contribution in [2.45, 2.75) is 6.61 Å². The first-order valence-electron chi connectivity index (χ1n) is 6.87. The van der Waals surface area contributed by atoms with Crippen LogP contribution in [-0.4, -0.2) is 34.2 Å². The lowest BCUT2D eigenvalue weighted by molar-refractivity contribution is -0.132. The molecule has 1 aromatic heterocycles. The molecule has 2 N–H and O–H groups in total. The quantitative estimate of drug-likeness (QED) is 0.778. The Morgan fingerprint density at radius 1 is 1.21 bits per heavy atom. The van der Waals surface area contributed by atoms with Crippen LogP contribution in [0.4, 0.5) is 4.79 Å². The average molecular weight is 329 g/mol. The minimum atomic E-state index is -1.32. The standard InChI is InChI=1S/C16H15N3O5/c1-23-15-17-8-12(9-18-15)7-13(14(20)21)19-16(22)24-10-11-5-3-2-4-6-11/h2-9H,10H2,1H3,(H,19,22)(H,20,21). The van der Waals surface area contributed by atoms with Crippen LogP contribution in [0.3, 0.4) is 0 Å². The van der Waals surface area contributed by atoms with Crippen molar-refractivity contribution in [3.8, 4) is 6.01 Å². The van der Waals surface area contributed by atoms with E-state index in [2.05, 4.69) is 15.3 Å². The fraction of sp³-hybridized carbons (Fsp3) is 0.125. The Morgan fingerprint density at radius 2 is 1.88 bits per heavy atom. The molecule has 0 aliphatic rings. The van der Waals surface area contributed by atoms with Crippen molar-refractivity contribution in [1.29, 1.82) is 0 Å². The minimum Gasteiger partial charge on any atom is -0.477 e. The molecule has 0 radical (unpaired) electrons. The van der Waals surface area contributed by atoms with Gasteiger partial charge in [0.1, 0.15) is 12.3 Å². The number of carboxylic acid groups (broad SMARTS) is 1. The first-order chi connectivity index (χ1) is 11.6. The van der Waals surface area contributed by atoms with Gasteiger partial charge in [0, 0.05) is 18.0 Å². The van der Waals surface area contributed by atoms with Crippen LogP contribution in [-0.2, 0) is 16.1 Å². The number of ether oxygens (including phenoxy) is 2. The van der Waals surface area contributed by atoms with Gasteiger partial charge in [0.2, 0.25) is 0 Å². The highest BCUT2D eigenvalue weighted by atomic mass is 16.5. The second-order valence-electron chi connectivity index (χ2n) is 4.55. The van der Waals surface area contributed by atoms with E-state index in [9.17, 15) is 9.59 Å². The predicted molar refractivity (Wildman–Crippen MR) is 84.0 cm³/mol. The molecule has 0 bridgehead atoms. The number of carboxylic acids is 1. The molecule has 124 valence electrons.